The van der Waals surface area contributed by atoms with Gasteiger partial charge >= 0.3 is 0 Å². The summed E-state index contributed by atoms with van der Waals surface area (Å²) >= 11 is 5.96. The Morgan fingerprint density at radius 3 is 2.07 bits per heavy atom. The first kappa shape index (κ1) is 18.0. The second-order valence-corrected chi connectivity index (χ2v) is 6.69. The Morgan fingerprint density at radius 2 is 1.39 bits per heavy atom. The summed E-state index contributed by atoms with van der Waals surface area (Å²) in [5.41, 5.74) is 12.6. The molecule has 4 aromatic carbocycles. The molecule has 1 N–H and O–H groups in total. The fraction of sp³-hybridized carbons (Fsp3) is 0.0435. The highest BCUT2D eigenvalue weighted by Crippen LogP contribution is 2.36. The van der Waals surface area contributed by atoms with Crippen LogP contribution < -0.4 is 5.43 Å². The number of hydrogen-bond acceptors (Lipinski definition) is 3. The number of nitrogens with zero attached hydrogens (tertiary/aromatic N) is 3. The van der Waals surface area contributed by atoms with Crippen LogP contribution in [-0.4, -0.2) is 7.05 Å². The average molecular weight is 386 g/mol. The van der Waals surface area contributed by atoms with Crippen molar-refractivity contribution in [1.82, 2.24) is 0 Å². The smallest absolute Gasteiger partial charge is 0.0929 e. The van der Waals surface area contributed by atoms with E-state index in [1.54, 1.807) is 7.05 Å². The first-order chi connectivity index (χ1) is 13.7. The van der Waals surface area contributed by atoms with Crippen molar-refractivity contribution >= 4 is 39.4 Å². The number of nitrogens with one attached hydrogen (secondary N) is 1. The topological polar surface area (TPSA) is 50.9 Å². The molecule has 28 heavy (non-hydrogen) atoms. The van der Waals surface area contributed by atoms with E-state index in [1.165, 1.54) is 0 Å². The quantitative estimate of drug-likeness (QED) is 0.275. The van der Waals surface area contributed by atoms with E-state index >= 15 is 0 Å². The molecule has 0 radical (unpaired) electrons. The summed E-state index contributed by atoms with van der Waals surface area (Å²) in [6, 6.07) is 27.9. The number of fused-ring (bicyclic) bond motifs is 1. The van der Waals surface area contributed by atoms with E-state index in [9.17, 15) is 0 Å². The van der Waals surface area contributed by atoms with Gasteiger partial charge in [0.2, 0.25) is 0 Å². The van der Waals surface area contributed by atoms with Crippen LogP contribution in [-0.2, 0) is 0 Å². The van der Waals surface area contributed by atoms with Crippen molar-refractivity contribution < 1.29 is 0 Å². The van der Waals surface area contributed by atoms with Gasteiger partial charge in [-0.2, -0.15) is 10.2 Å². The molecule has 0 unspecified atom stereocenters. The molecule has 0 aliphatic carbocycles. The van der Waals surface area contributed by atoms with Crippen molar-refractivity contribution in [1.29, 1.82) is 0 Å². The first-order valence-corrected chi connectivity index (χ1v) is 9.27. The Balaban J connectivity index is 1.53. The van der Waals surface area contributed by atoms with Crippen molar-refractivity contribution in [3.63, 3.8) is 0 Å². The maximum atomic E-state index is 5.96. The van der Waals surface area contributed by atoms with Gasteiger partial charge in [-0.25, -0.2) is 0 Å². The third kappa shape index (κ3) is 3.82. The van der Waals surface area contributed by atoms with Crippen LogP contribution in [0.15, 0.2) is 95.2 Å². The second kappa shape index (κ2) is 8.11. The van der Waals surface area contributed by atoms with Crippen molar-refractivity contribution in [3.05, 3.63) is 95.4 Å². The number of halogens is 1. The van der Waals surface area contributed by atoms with Gasteiger partial charge in [-0.15, -0.1) is 5.69 Å². The Kier molecular flexibility index (Phi) is 5.22. The summed E-state index contributed by atoms with van der Waals surface area (Å²) in [6.45, 7) is 0. The van der Waals surface area contributed by atoms with E-state index in [0.29, 0.717) is 0 Å². The highest BCUT2D eigenvalue weighted by Gasteiger charge is 2.01. The van der Waals surface area contributed by atoms with Crippen LogP contribution in [0.25, 0.3) is 27.3 Å². The minimum Gasteiger partial charge on any atom is -0.597 e. The van der Waals surface area contributed by atoms with Gasteiger partial charge in [-0.05, 0) is 46.8 Å². The normalized spacial score (nSPS) is 11.1. The van der Waals surface area contributed by atoms with Crippen LogP contribution in [0.3, 0.4) is 0 Å². The van der Waals surface area contributed by atoms with Crippen LogP contribution >= 0.6 is 11.6 Å². The fourth-order valence-electron chi connectivity index (χ4n) is 3.06. The monoisotopic (exact) mass is 385 g/mol. The highest BCUT2D eigenvalue weighted by atomic mass is 35.5. The lowest BCUT2D eigenvalue weighted by atomic mass is 10.1. The van der Waals surface area contributed by atoms with Crippen LogP contribution in [0.2, 0.25) is 5.02 Å². The largest absolute Gasteiger partial charge is 0.597 e. The molecule has 0 aliphatic rings. The molecular weight excluding hydrogens is 368 g/mol. The zero-order valence-electron chi connectivity index (χ0n) is 15.3. The van der Waals surface area contributed by atoms with E-state index in [1.807, 2.05) is 72.8 Å². The molecule has 4 nitrogen and oxygen atoms in total. The van der Waals surface area contributed by atoms with E-state index in [2.05, 4.69) is 33.2 Å². The molecule has 5 heteroatoms. The van der Waals surface area contributed by atoms with Gasteiger partial charge in [0.05, 0.1) is 5.69 Å². The van der Waals surface area contributed by atoms with Gasteiger partial charge in [0.15, 0.2) is 0 Å². The maximum absolute atomic E-state index is 5.96. The molecule has 0 atom stereocenters. The summed E-state index contributed by atoms with van der Waals surface area (Å²) < 4.78 is 0. The van der Waals surface area contributed by atoms with Crippen LogP contribution in [0.1, 0.15) is 0 Å². The third-order valence-electron chi connectivity index (χ3n) is 4.45. The van der Waals surface area contributed by atoms with Gasteiger partial charge < -0.3 is 10.9 Å². The number of benzene rings is 4. The van der Waals surface area contributed by atoms with Crippen LogP contribution in [0.5, 0.6) is 0 Å². The minimum atomic E-state index is 0.736. The van der Waals surface area contributed by atoms with Gasteiger partial charge in [-0.3, -0.25) is 0 Å². The number of anilines is 1. The number of rotatable bonds is 5. The highest BCUT2D eigenvalue weighted by molar-refractivity contribution is 6.30. The molecule has 0 saturated carbocycles. The van der Waals surface area contributed by atoms with E-state index < -0.39 is 0 Å². The summed E-state index contributed by atoms with van der Waals surface area (Å²) in [5.74, 6) is 0. The second-order valence-electron chi connectivity index (χ2n) is 6.26. The number of azo groups is 1. The Bertz CT molecular complexity index is 1120. The summed E-state index contributed by atoms with van der Waals surface area (Å²) in [4.78, 5) is 0. The Morgan fingerprint density at radius 1 is 0.750 bits per heavy atom. The molecule has 0 amide bonds. The summed E-state index contributed by atoms with van der Waals surface area (Å²) in [6.07, 6.45) is 0. The predicted octanol–water partition coefficient (Wildman–Crippen LogP) is 7.91. The predicted molar refractivity (Wildman–Crippen MR) is 118 cm³/mol. The molecule has 4 aromatic rings. The molecule has 0 aliphatic heterocycles. The average Bonchev–Trinajstić information content (AvgIpc) is 2.74. The van der Waals surface area contributed by atoms with Crippen molar-refractivity contribution in [2.24, 2.45) is 10.2 Å². The lowest BCUT2D eigenvalue weighted by Crippen LogP contribution is -1.90. The van der Waals surface area contributed by atoms with E-state index in [4.69, 9.17) is 11.6 Å². The molecule has 0 spiro atoms. The molecule has 0 saturated heterocycles. The van der Waals surface area contributed by atoms with Crippen molar-refractivity contribution in [2.75, 3.05) is 12.5 Å². The van der Waals surface area contributed by atoms with Crippen molar-refractivity contribution in [3.8, 4) is 11.1 Å². The summed E-state index contributed by atoms with van der Waals surface area (Å²) in [7, 11) is 1.67. The zero-order chi connectivity index (χ0) is 19.3. The van der Waals surface area contributed by atoms with Crippen LogP contribution in [0, 0.1) is 0 Å². The molecule has 0 heterocycles. The van der Waals surface area contributed by atoms with E-state index in [-0.39, 0.29) is 0 Å². The molecule has 4 rings (SSSR count). The van der Waals surface area contributed by atoms with Gasteiger partial charge in [0, 0.05) is 23.1 Å². The lowest BCUT2D eigenvalue weighted by molar-refractivity contribution is 1.18. The first-order valence-electron chi connectivity index (χ1n) is 8.89. The van der Waals surface area contributed by atoms with Gasteiger partial charge in [0.1, 0.15) is 0 Å². The maximum Gasteiger partial charge on any atom is 0.0929 e. The van der Waals surface area contributed by atoms with Gasteiger partial charge in [0.25, 0.3) is 0 Å². The van der Waals surface area contributed by atoms with Crippen LogP contribution in [0.4, 0.5) is 17.1 Å². The number of hydrogen-bond donors (Lipinski definition) is 1. The minimum absolute atomic E-state index is 0.736. The zero-order valence-corrected chi connectivity index (χ0v) is 16.1. The molecule has 0 aromatic heterocycles. The molecular formula is C23H18ClN4-. The SMILES string of the molecule is CN=Nc1ccc([N-]Nc2ccc(-c3ccc(Cl)cc3)cc2)c2ccccc12. The van der Waals surface area contributed by atoms with E-state index in [0.717, 1.165) is 44.0 Å². The lowest BCUT2D eigenvalue weighted by Gasteiger charge is -2.26. The molecule has 0 bridgehead atoms. The Labute approximate surface area is 168 Å². The third-order valence-corrected chi connectivity index (χ3v) is 4.71. The molecule has 0 fully saturated rings. The van der Waals surface area contributed by atoms with Crippen molar-refractivity contribution in [2.45, 2.75) is 0 Å². The molecule has 138 valence electrons. The summed E-state index contributed by atoms with van der Waals surface area (Å²) in [5, 5.41) is 10.9. The van der Waals surface area contributed by atoms with Gasteiger partial charge in [-0.1, -0.05) is 66.2 Å². The Hall–Kier alpha value is -3.37. The fourth-order valence-corrected chi connectivity index (χ4v) is 3.19. The standard InChI is InChI=1S/C23H18ClN4/c1-25-27-22-14-15-23(21-5-3-2-4-20(21)22)28-26-19-12-8-17(9-13-19)16-6-10-18(24)11-7-16/h2-15,26H,1H3/q-1.